The third-order valence-corrected chi connectivity index (χ3v) is 7.93. The summed E-state index contributed by atoms with van der Waals surface area (Å²) in [5.74, 6) is -0.783. The first-order valence-corrected chi connectivity index (χ1v) is 13.9. The highest BCUT2D eigenvalue weighted by atomic mass is 19.1. The van der Waals surface area contributed by atoms with Crippen LogP contribution in [0.2, 0.25) is 0 Å². The smallest absolute Gasteiger partial charge is 0.245 e. The van der Waals surface area contributed by atoms with Gasteiger partial charge in [0.25, 0.3) is 0 Å². The number of carbonyl (C=O) groups is 3. The Bertz CT molecular complexity index is 1010. The number of likely N-dealkylation sites (tertiary alicyclic amines) is 1. The van der Waals surface area contributed by atoms with Crippen LogP contribution in [-0.2, 0) is 14.4 Å². The van der Waals surface area contributed by atoms with Crippen LogP contribution in [0.15, 0.2) is 24.3 Å². The average Bonchev–Trinajstić information content (AvgIpc) is 3.24. The lowest BCUT2D eigenvalue weighted by atomic mass is 9.86. The second-order valence-corrected chi connectivity index (χ2v) is 13.5. The first-order valence-electron chi connectivity index (χ1n) is 13.9. The van der Waals surface area contributed by atoms with Gasteiger partial charge in [-0.15, -0.1) is 0 Å². The molecule has 212 valence electrons. The van der Waals surface area contributed by atoms with Crippen LogP contribution < -0.4 is 5.32 Å². The number of halogens is 1. The maximum absolute atomic E-state index is 14.1. The van der Waals surface area contributed by atoms with Gasteiger partial charge in [-0.3, -0.25) is 19.3 Å². The molecule has 2 aliphatic heterocycles. The number of nitrogens with one attached hydrogen (secondary N) is 1. The molecule has 2 fully saturated rings. The number of carbonyl (C=O) groups excluding carboxylic acids is 3. The first kappa shape index (κ1) is 30.1. The zero-order chi connectivity index (χ0) is 28.6. The fraction of sp³-hybridized carbons (Fsp3) is 0.700. The highest BCUT2D eigenvalue weighted by Gasteiger charge is 2.46. The largest absolute Gasteiger partial charge is 0.345 e. The summed E-state index contributed by atoms with van der Waals surface area (Å²) in [5, 5.41) is 2.85. The van der Waals surface area contributed by atoms with Gasteiger partial charge in [-0.05, 0) is 64.2 Å². The molecule has 1 aromatic carbocycles. The molecule has 2 heterocycles. The quantitative estimate of drug-likeness (QED) is 0.624. The van der Waals surface area contributed by atoms with Crippen molar-refractivity contribution < 1.29 is 18.8 Å². The molecule has 0 aromatic heterocycles. The van der Waals surface area contributed by atoms with Gasteiger partial charge in [-0.1, -0.05) is 32.9 Å². The molecule has 8 heteroatoms. The van der Waals surface area contributed by atoms with Crippen LogP contribution >= 0.6 is 0 Å². The Morgan fingerprint density at radius 2 is 1.47 bits per heavy atom. The minimum absolute atomic E-state index is 0.0274. The van der Waals surface area contributed by atoms with Crippen LogP contribution in [0.1, 0.15) is 80.2 Å². The highest BCUT2D eigenvalue weighted by molar-refractivity contribution is 5.88. The monoisotopic (exact) mass is 530 g/mol. The number of hydrogen-bond acceptors (Lipinski definition) is 4. The van der Waals surface area contributed by atoms with E-state index < -0.39 is 6.04 Å². The third-order valence-electron chi connectivity index (χ3n) is 7.93. The van der Waals surface area contributed by atoms with Crippen LogP contribution in [0.3, 0.4) is 0 Å². The molecule has 1 N–H and O–H groups in total. The second kappa shape index (κ2) is 11.3. The van der Waals surface area contributed by atoms with E-state index in [9.17, 15) is 18.8 Å². The van der Waals surface area contributed by atoms with Crippen LogP contribution in [-0.4, -0.2) is 82.3 Å². The fourth-order valence-electron chi connectivity index (χ4n) is 5.86. The fourth-order valence-corrected chi connectivity index (χ4v) is 5.86. The van der Waals surface area contributed by atoms with Gasteiger partial charge in [0.15, 0.2) is 0 Å². The molecule has 3 amide bonds. The number of hydrogen-bond donors (Lipinski definition) is 1. The molecule has 0 bridgehead atoms. The predicted molar refractivity (Wildman–Crippen MR) is 148 cm³/mol. The van der Waals surface area contributed by atoms with E-state index in [1.54, 1.807) is 12.1 Å². The predicted octanol–water partition coefficient (Wildman–Crippen LogP) is 4.03. The molecule has 2 unspecified atom stereocenters. The summed E-state index contributed by atoms with van der Waals surface area (Å²) >= 11 is 0. The van der Waals surface area contributed by atoms with E-state index in [4.69, 9.17) is 0 Å². The summed E-state index contributed by atoms with van der Waals surface area (Å²) in [6.07, 6.45) is 0.537. The topological polar surface area (TPSA) is 73.0 Å². The second-order valence-electron chi connectivity index (χ2n) is 13.5. The highest BCUT2D eigenvalue weighted by Crippen LogP contribution is 2.38. The van der Waals surface area contributed by atoms with Crippen LogP contribution in [0.25, 0.3) is 0 Å². The molecule has 5 atom stereocenters. The van der Waals surface area contributed by atoms with E-state index in [-0.39, 0.29) is 58.4 Å². The molecule has 1 aromatic rings. The molecule has 2 aliphatic rings. The zero-order valence-electron chi connectivity index (χ0n) is 24.7. The Morgan fingerprint density at radius 1 is 0.921 bits per heavy atom. The van der Waals surface area contributed by atoms with E-state index >= 15 is 0 Å². The van der Waals surface area contributed by atoms with E-state index in [1.807, 2.05) is 23.6 Å². The normalized spacial score (nSPS) is 25.8. The van der Waals surface area contributed by atoms with E-state index in [0.717, 1.165) is 12.1 Å². The Hall–Kier alpha value is -2.48. The molecule has 0 aliphatic carbocycles. The number of piperazine rings is 1. The number of nitrogens with zero attached hydrogens (tertiary/aromatic N) is 3. The van der Waals surface area contributed by atoms with Gasteiger partial charge in [0.2, 0.25) is 17.7 Å². The van der Waals surface area contributed by atoms with Gasteiger partial charge in [0.05, 0.1) is 5.92 Å². The Kier molecular flexibility index (Phi) is 8.96. The standard InChI is InChI=1S/C30H47FN4O3/c1-19-16-35(28(38)26(32-21(3)36)14-29(4,5)6)20(2)15-34(19)27(37)25-18-33(30(7,8)9)17-24(25)22-10-12-23(31)13-11-22/h10-13,19-20,24-26H,14-18H2,1-9H3,(H,32,36)/t19-,20+,24?,25?,26-/m0/s1. The van der Waals surface area contributed by atoms with Crippen LogP contribution in [0.4, 0.5) is 4.39 Å². The molecular formula is C30H47FN4O3. The van der Waals surface area contributed by atoms with Crippen molar-refractivity contribution in [1.82, 2.24) is 20.0 Å². The summed E-state index contributed by atoms with van der Waals surface area (Å²) in [6.45, 7) is 20.3. The minimum Gasteiger partial charge on any atom is -0.345 e. The molecule has 0 saturated carbocycles. The van der Waals surface area contributed by atoms with Gasteiger partial charge >= 0.3 is 0 Å². The number of rotatable bonds is 5. The maximum atomic E-state index is 14.1. The summed E-state index contributed by atoms with van der Waals surface area (Å²) in [4.78, 5) is 45.6. The molecule has 0 radical (unpaired) electrons. The van der Waals surface area contributed by atoms with E-state index in [2.05, 4.69) is 51.8 Å². The van der Waals surface area contributed by atoms with Crippen molar-refractivity contribution in [2.45, 2.75) is 98.3 Å². The van der Waals surface area contributed by atoms with Gasteiger partial charge in [-0.2, -0.15) is 0 Å². The van der Waals surface area contributed by atoms with Crippen molar-refractivity contribution in [3.63, 3.8) is 0 Å². The lowest BCUT2D eigenvalue weighted by molar-refractivity contribution is -0.150. The number of amides is 3. The number of benzene rings is 1. The molecule has 3 rings (SSSR count). The molecular weight excluding hydrogens is 483 g/mol. The van der Waals surface area contributed by atoms with Crippen molar-refractivity contribution in [2.24, 2.45) is 11.3 Å². The van der Waals surface area contributed by atoms with Crippen LogP contribution in [0, 0.1) is 17.2 Å². The summed E-state index contributed by atoms with van der Waals surface area (Å²) in [7, 11) is 0. The maximum Gasteiger partial charge on any atom is 0.245 e. The van der Waals surface area contributed by atoms with Crippen molar-refractivity contribution in [1.29, 1.82) is 0 Å². The third kappa shape index (κ3) is 7.13. The van der Waals surface area contributed by atoms with Crippen molar-refractivity contribution in [3.05, 3.63) is 35.6 Å². The minimum atomic E-state index is -0.595. The van der Waals surface area contributed by atoms with E-state index in [0.29, 0.717) is 26.1 Å². The van der Waals surface area contributed by atoms with Gasteiger partial charge in [0, 0.05) is 56.6 Å². The lowest BCUT2D eigenvalue weighted by Gasteiger charge is -2.46. The van der Waals surface area contributed by atoms with Gasteiger partial charge in [0.1, 0.15) is 11.9 Å². The van der Waals surface area contributed by atoms with Crippen molar-refractivity contribution in [2.75, 3.05) is 26.2 Å². The van der Waals surface area contributed by atoms with E-state index in [1.165, 1.54) is 19.1 Å². The summed E-state index contributed by atoms with van der Waals surface area (Å²) in [6, 6.07) is 5.60. The lowest BCUT2D eigenvalue weighted by Crippen LogP contribution is -2.63. The SMILES string of the molecule is CC(=O)N[C@@H](CC(C)(C)C)C(=O)N1C[C@H](C)N(C(=O)C2CN(C(C)(C)C)CC2c2ccc(F)cc2)C[C@H]1C. The molecule has 0 spiro atoms. The Morgan fingerprint density at radius 3 is 2.00 bits per heavy atom. The van der Waals surface area contributed by atoms with Gasteiger partial charge < -0.3 is 15.1 Å². The van der Waals surface area contributed by atoms with Crippen molar-refractivity contribution >= 4 is 17.7 Å². The van der Waals surface area contributed by atoms with Gasteiger partial charge in [-0.25, -0.2) is 4.39 Å². The summed E-state index contributed by atoms with van der Waals surface area (Å²) < 4.78 is 13.7. The van der Waals surface area contributed by atoms with Crippen molar-refractivity contribution in [3.8, 4) is 0 Å². The Labute approximate surface area is 228 Å². The van der Waals surface area contributed by atoms with Crippen LogP contribution in [0.5, 0.6) is 0 Å². The zero-order valence-corrected chi connectivity index (χ0v) is 24.7. The average molecular weight is 531 g/mol. The molecule has 7 nitrogen and oxygen atoms in total. The molecule has 2 saturated heterocycles. The first-order chi connectivity index (χ1) is 17.5. The molecule has 38 heavy (non-hydrogen) atoms. The Balaban J connectivity index is 1.80. The summed E-state index contributed by atoms with van der Waals surface area (Å²) in [5.41, 5.74) is 0.751.